The number of carbonyl (C=O) groups is 2. The number of aromatic carboxylic acids is 2. The molecule has 1 aromatic carbocycles. The molecule has 0 aliphatic heterocycles. The van der Waals surface area contributed by atoms with Crippen LogP contribution in [0.25, 0.3) is 0 Å². The average molecular weight is 228 g/mol. The zero-order valence-electron chi connectivity index (χ0n) is 6.24. The molecule has 0 saturated carbocycles. The normalized spacial score (nSPS) is 8.62. The van der Waals surface area contributed by atoms with Crippen LogP contribution >= 0.6 is 0 Å². The van der Waals surface area contributed by atoms with Crippen molar-refractivity contribution in [3.8, 4) is 0 Å². The molecule has 1 rings (SSSR count). The van der Waals surface area contributed by atoms with Gasteiger partial charge in [0.15, 0.2) is 0 Å². The maximum absolute atomic E-state index is 10.2. The smallest absolute Gasteiger partial charge is 0.0715 e. The van der Waals surface area contributed by atoms with Crippen LogP contribution in [-0.2, 0) is 17.1 Å². The Morgan fingerprint density at radius 2 is 1.08 bits per heavy atom. The fourth-order valence-corrected chi connectivity index (χ4v) is 0.742. The third-order valence-corrected chi connectivity index (χ3v) is 1.36. The maximum atomic E-state index is 10.2. The van der Waals surface area contributed by atoms with Crippen LogP contribution in [0.3, 0.4) is 0 Å². The molecule has 1 aromatic rings. The van der Waals surface area contributed by atoms with Crippen molar-refractivity contribution in [3.63, 3.8) is 0 Å². The Balaban J connectivity index is 0.00000144. The van der Waals surface area contributed by atoms with Gasteiger partial charge in [0.2, 0.25) is 0 Å². The summed E-state index contributed by atoms with van der Waals surface area (Å²) in [6, 6.07) is 4.61. The first-order valence-corrected chi connectivity index (χ1v) is 3.14. The molecule has 0 bridgehead atoms. The molecule has 0 saturated heterocycles. The van der Waals surface area contributed by atoms with Crippen LogP contribution in [0.1, 0.15) is 20.7 Å². The van der Waals surface area contributed by atoms with E-state index in [9.17, 15) is 19.8 Å². The summed E-state index contributed by atoms with van der Waals surface area (Å²) in [5.74, 6) is -2.67. The molecule has 73 valence electrons. The Hall–Kier alpha value is -1.32. The van der Waals surface area contributed by atoms with E-state index in [2.05, 4.69) is 0 Å². The largest absolute Gasteiger partial charge is 0.545 e. The summed E-state index contributed by atoms with van der Waals surface area (Å²) in [6.07, 6.45) is 0. The Labute approximate surface area is 84.7 Å². The Bertz CT molecular complexity index is 284. The average Bonchev–Trinajstić information content (AvgIpc) is 2.04. The van der Waals surface area contributed by atoms with E-state index in [1.165, 1.54) is 0 Å². The molecule has 0 atom stereocenters. The van der Waals surface area contributed by atoms with Crippen molar-refractivity contribution in [1.29, 1.82) is 0 Å². The van der Waals surface area contributed by atoms with Gasteiger partial charge in [0, 0.05) is 17.1 Å². The van der Waals surface area contributed by atoms with Crippen LogP contribution in [0.4, 0.5) is 0 Å². The number of rotatable bonds is 2. The van der Waals surface area contributed by atoms with Crippen molar-refractivity contribution >= 4 is 11.9 Å². The van der Waals surface area contributed by atoms with E-state index in [4.69, 9.17) is 0 Å². The van der Waals surface area contributed by atoms with Crippen LogP contribution in [0.15, 0.2) is 24.3 Å². The Kier molecular flexibility index (Phi) is 4.17. The minimum atomic E-state index is -1.33. The second-order valence-corrected chi connectivity index (χ2v) is 2.15. The van der Waals surface area contributed by atoms with E-state index < -0.39 is 11.9 Å². The molecule has 0 aliphatic carbocycles. The van der Waals surface area contributed by atoms with Crippen LogP contribution in [0.5, 0.6) is 0 Å². The topological polar surface area (TPSA) is 80.3 Å². The van der Waals surface area contributed by atoms with Crippen LogP contribution in [-0.4, -0.2) is 11.9 Å². The van der Waals surface area contributed by atoms with Gasteiger partial charge in [-0.05, 0) is 11.1 Å². The first-order chi connectivity index (χ1) is 5.61. The molecule has 0 N–H and O–H groups in total. The predicted molar refractivity (Wildman–Crippen MR) is 35.1 cm³/mol. The minimum Gasteiger partial charge on any atom is -0.545 e. The first kappa shape index (κ1) is 11.7. The fraction of sp³-hybridized carbons (Fsp3) is 0. The van der Waals surface area contributed by atoms with Gasteiger partial charge in [-0.15, -0.1) is 0 Å². The minimum absolute atomic E-state index is 0. The molecule has 0 spiro atoms. The standard InChI is InChI=1S/C8H6O4.Cu/c9-7(10)5-1-2-6(4-3-5)8(11)12;/h1-4H,(H,9,10)(H,11,12);/p-2. The number of carboxylic acid groups (broad SMARTS) is 2. The first-order valence-electron chi connectivity index (χ1n) is 3.14. The van der Waals surface area contributed by atoms with E-state index in [1.54, 1.807) is 0 Å². The number of carbonyl (C=O) groups excluding carboxylic acids is 2. The van der Waals surface area contributed by atoms with E-state index in [1.807, 2.05) is 0 Å². The number of benzene rings is 1. The second kappa shape index (κ2) is 4.64. The van der Waals surface area contributed by atoms with Crippen molar-refractivity contribution in [2.75, 3.05) is 0 Å². The summed E-state index contributed by atoms with van der Waals surface area (Å²) in [4.78, 5) is 20.4. The molecule has 13 heavy (non-hydrogen) atoms. The van der Waals surface area contributed by atoms with Crippen molar-refractivity contribution in [1.82, 2.24) is 0 Å². The summed E-state index contributed by atoms with van der Waals surface area (Å²) in [5.41, 5.74) is -0.111. The summed E-state index contributed by atoms with van der Waals surface area (Å²) >= 11 is 0. The van der Waals surface area contributed by atoms with Gasteiger partial charge < -0.3 is 19.8 Å². The van der Waals surface area contributed by atoms with Crippen molar-refractivity contribution in [3.05, 3.63) is 35.4 Å². The molecule has 0 aliphatic rings. The van der Waals surface area contributed by atoms with Gasteiger partial charge in [-0.3, -0.25) is 0 Å². The summed E-state index contributed by atoms with van der Waals surface area (Å²) in [6.45, 7) is 0. The van der Waals surface area contributed by atoms with Gasteiger partial charge >= 0.3 is 0 Å². The zero-order chi connectivity index (χ0) is 9.14. The van der Waals surface area contributed by atoms with Gasteiger partial charge in [-0.1, -0.05) is 24.3 Å². The molecule has 5 heteroatoms. The van der Waals surface area contributed by atoms with Gasteiger partial charge in [-0.25, -0.2) is 0 Å². The summed E-state index contributed by atoms with van der Waals surface area (Å²) < 4.78 is 0. The quantitative estimate of drug-likeness (QED) is 0.571. The molecule has 0 amide bonds. The zero-order valence-corrected chi connectivity index (χ0v) is 7.19. The van der Waals surface area contributed by atoms with E-state index >= 15 is 0 Å². The van der Waals surface area contributed by atoms with Crippen LogP contribution < -0.4 is 10.2 Å². The van der Waals surface area contributed by atoms with E-state index in [0.717, 1.165) is 24.3 Å². The molecule has 4 nitrogen and oxygen atoms in total. The van der Waals surface area contributed by atoms with E-state index in [-0.39, 0.29) is 28.2 Å². The molecular weight excluding hydrogens is 224 g/mol. The molecule has 0 aromatic heterocycles. The van der Waals surface area contributed by atoms with Gasteiger partial charge in [0.1, 0.15) is 0 Å². The molecule has 0 heterocycles. The predicted octanol–water partition coefficient (Wildman–Crippen LogP) is -1.59. The maximum Gasteiger partial charge on any atom is 0.0715 e. The van der Waals surface area contributed by atoms with E-state index in [0.29, 0.717) is 0 Å². The number of hydrogen-bond acceptors (Lipinski definition) is 4. The third kappa shape index (κ3) is 2.89. The summed E-state index contributed by atoms with van der Waals surface area (Å²) in [7, 11) is 0. The molecule has 0 fully saturated rings. The monoisotopic (exact) mass is 227 g/mol. The third-order valence-electron chi connectivity index (χ3n) is 1.36. The number of carboxylic acids is 2. The second-order valence-electron chi connectivity index (χ2n) is 2.15. The van der Waals surface area contributed by atoms with Gasteiger partial charge in [-0.2, -0.15) is 0 Å². The van der Waals surface area contributed by atoms with Crippen molar-refractivity contribution in [2.45, 2.75) is 0 Å². The molecule has 1 radical (unpaired) electrons. The van der Waals surface area contributed by atoms with Crippen molar-refractivity contribution in [2.24, 2.45) is 0 Å². The SMILES string of the molecule is O=C([O-])c1ccc(C(=O)[O-])cc1.[Cu]. The Morgan fingerprint density at radius 3 is 1.23 bits per heavy atom. The molecule has 0 unspecified atom stereocenters. The molecular formula is C8H4CuO4-2. The van der Waals surface area contributed by atoms with Crippen molar-refractivity contribution < 1.29 is 36.9 Å². The van der Waals surface area contributed by atoms with Gasteiger partial charge in [0.05, 0.1) is 11.9 Å². The number of hydrogen-bond donors (Lipinski definition) is 0. The van der Waals surface area contributed by atoms with Gasteiger partial charge in [0.25, 0.3) is 0 Å². The van der Waals surface area contributed by atoms with Crippen LogP contribution in [0, 0.1) is 0 Å². The summed E-state index contributed by atoms with van der Waals surface area (Å²) in [5, 5.41) is 20.4. The Morgan fingerprint density at radius 1 is 0.846 bits per heavy atom. The fourth-order valence-electron chi connectivity index (χ4n) is 0.742. The van der Waals surface area contributed by atoms with Crippen LogP contribution in [0.2, 0.25) is 0 Å².